The van der Waals surface area contributed by atoms with E-state index in [0.29, 0.717) is 30.4 Å². The van der Waals surface area contributed by atoms with Crippen LogP contribution in [0.3, 0.4) is 0 Å². The number of nitrogens with zero attached hydrogens (tertiary/aromatic N) is 3. The predicted octanol–water partition coefficient (Wildman–Crippen LogP) is 1.21. The second kappa shape index (κ2) is 8.19. The van der Waals surface area contributed by atoms with Crippen molar-refractivity contribution in [2.24, 2.45) is 5.92 Å². The highest BCUT2D eigenvalue weighted by Crippen LogP contribution is 2.36. The van der Waals surface area contributed by atoms with Crippen LogP contribution < -0.4 is 26.1 Å². The molecule has 2 aromatic rings. The van der Waals surface area contributed by atoms with Crippen LogP contribution in [-0.4, -0.2) is 59.8 Å². The minimum Gasteiger partial charge on any atom is -0.493 e. The lowest BCUT2D eigenvalue weighted by Gasteiger charge is -2.38. The number of fused-ring (bicyclic) bond motifs is 2. The molecule has 0 aliphatic carbocycles. The normalized spacial score (nSPS) is 27.6. The number of halogens is 1. The molecule has 10 nitrogen and oxygen atoms in total. The average molecular weight is 448 g/mol. The van der Waals surface area contributed by atoms with Gasteiger partial charge in [0.15, 0.2) is 5.75 Å². The molecule has 1 aromatic carbocycles. The maximum absolute atomic E-state index is 12.8. The fourth-order valence-corrected chi connectivity index (χ4v) is 4.82. The maximum Gasteiger partial charge on any atom is 0.244 e. The number of para-hydroxylation sites is 1. The number of piperidine rings is 1. The van der Waals surface area contributed by atoms with Crippen LogP contribution in [0, 0.1) is 5.92 Å². The summed E-state index contributed by atoms with van der Waals surface area (Å²) in [7, 11) is 3.33. The summed E-state index contributed by atoms with van der Waals surface area (Å²) in [5.74, 6) is 1.10. The summed E-state index contributed by atoms with van der Waals surface area (Å²) in [6.07, 6.45) is 0.331. The van der Waals surface area contributed by atoms with E-state index in [1.165, 1.54) is 0 Å². The molecule has 0 spiro atoms. The number of rotatable bonds is 5. The second-order valence-electron chi connectivity index (χ2n) is 8.00. The molecule has 3 aliphatic heterocycles. The summed E-state index contributed by atoms with van der Waals surface area (Å²) in [5.41, 5.74) is 5.03. The van der Waals surface area contributed by atoms with Crippen molar-refractivity contribution in [2.75, 3.05) is 31.4 Å². The molecule has 4 N–H and O–H groups in total. The fraction of sp³-hybridized carbons (Fsp3) is 0.500. The molecular weight excluding hydrogens is 422 g/mol. The van der Waals surface area contributed by atoms with Crippen molar-refractivity contribution < 1.29 is 14.3 Å². The van der Waals surface area contributed by atoms with Gasteiger partial charge < -0.3 is 20.1 Å². The molecule has 4 unspecified atom stereocenters. The maximum atomic E-state index is 12.8. The quantitative estimate of drug-likeness (QED) is 0.542. The number of hydrazine groups is 1. The summed E-state index contributed by atoms with van der Waals surface area (Å²) in [6, 6.07) is 7.40. The molecule has 2 saturated heterocycles. The third kappa shape index (κ3) is 3.80. The minimum absolute atomic E-state index is 0.0315. The standard InChI is InChI=1S/C20H26ClN7O3/c1-27-20(29)17-14(22-13-5-3-4-12(21)18(13)30-2)9-15(24-19(17)26-27)23-16-8-11-10-31-7-6-28(11)25-16/h3-5,8,14-15,17,19,22,24,26H,6-7,9-10H2,1-2H3,(H,23,25). The number of amides is 1. The number of carbonyl (C=O) groups is 1. The van der Waals surface area contributed by atoms with Crippen LogP contribution in [-0.2, 0) is 22.7 Å². The van der Waals surface area contributed by atoms with Crippen LogP contribution in [0.5, 0.6) is 5.75 Å². The molecule has 4 atom stereocenters. The van der Waals surface area contributed by atoms with Gasteiger partial charge >= 0.3 is 0 Å². The second-order valence-corrected chi connectivity index (χ2v) is 8.40. The predicted molar refractivity (Wildman–Crippen MR) is 116 cm³/mol. The van der Waals surface area contributed by atoms with E-state index < -0.39 is 0 Å². The molecule has 1 amide bonds. The van der Waals surface area contributed by atoms with Gasteiger partial charge in [0.05, 0.1) is 61.5 Å². The van der Waals surface area contributed by atoms with Gasteiger partial charge in [-0.25, -0.2) is 5.43 Å². The monoisotopic (exact) mass is 447 g/mol. The Morgan fingerprint density at radius 1 is 1.35 bits per heavy atom. The summed E-state index contributed by atoms with van der Waals surface area (Å²) < 4.78 is 13.0. The van der Waals surface area contributed by atoms with Gasteiger partial charge in [-0.3, -0.25) is 19.8 Å². The van der Waals surface area contributed by atoms with Crippen LogP contribution in [0.1, 0.15) is 12.1 Å². The lowest BCUT2D eigenvalue weighted by Crippen LogP contribution is -2.60. The topological polar surface area (TPSA) is 105 Å². The van der Waals surface area contributed by atoms with Gasteiger partial charge in [0, 0.05) is 25.6 Å². The third-order valence-electron chi connectivity index (χ3n) is 6.01. The van der Waals surface area contributed by atoms with Crippen LogP contribution in [0.4, 0.5) is 11.5 Å². The summed E-state index contributed by atoms with van der Waals surface area (Å²) in [5, 5.41) is 17.2. The lowest BCUT2D eigenvalue weighted by molar-refractivity contribution is -0.131. The Labute approximate surface area is 185 Å². The van der Waals surface area contributed by atoms with Crippen LogP contribution in [0.2, 0.25) is 5.02 Å². The average Bonchev–Trinajstić information content (AvgIpc) is 3.28. The number of hydrogen-bond acceptors (Lipinski definition) is 8. The van der Waals surface area contributed by atoms with Crippen molar-refractivity contribution in [1.29, 1.82) is 0 Å². The Balaban J connectivity index is 1.38. The van der Waals surface area contributed by atoms with E-state index in [9.17, 15) is 4.79 Å². The molecule has 31 heavy (non-hydrogen) atoms. The summed E-state index contributed by atoms with van der Waals surface area (Å²) >= 11 is 6.30. The molecule has 2 fully saturated rings. The number of benzene rings is 1. The van der Waals surface area contributed by atoms with Gasteiger partial charge in [0.2, 0.25) is 5.91 Å². The van der Waals surface area contributed by atoms with E-state index in [1.54, 1.807) is 25.2 Å². The zero-order valence-corrected chi connectivity index (χ0v) is 18.1. The molecule has 166 valence electrons. The fourth-order valence-electron chi connectivity index (χ4n) is 4.57. The summed E-state index contributed by atoms with van der Waals surface area (Å²) in [6.45, 7) is 1.99. The number of anilines is 2. The first-order chi connectivity index (χ1) is 15.0. The first kappa shape index (κ1) is 20.4. The number of methoxy groups -OCH3 is 1. The molecule has 3 aliphatic rings. The SMILES string of the molecule is COc1c(Cl)cccc1NC1CC(Nc2cc3n(n2)CCOC3)NC2NN(C)C(=O)C12. The minimum atomic E-state index is -0.282. The van der Waals surface area contributed by atoms with Gasteiger partial charge in [-0.15, -0.1) is 0 Å². The molecule has 4 heterocycles. The molecule has 0 saturated carbocycles. The number of carbonyl (C=O) groups excluding carboxylic acids is 1. The van der Waals surface area contributed by atoms with E-state index in [1.807, 2.05) is 22.9 Å². The van der Waals surface area contributed by atoms with Crippen molar-refractivity contribution in [1.82, 2.24) is 25.5 Å². The first-order valence-electron chi connectivity index (χ1n) is 10.3. The largest absolute Gasteiger partial charge is 0.493 e. The highest BCUT2D eigenvalue weighted by atomic mass is 35.5. The van der Waals surface area contributed by atoms with Crippen molar-refractivity contribution in [3.8, 4) is 5.75 Å². The number of ether oxygens (including phenoxy) is 2. The van der Waals surface area contributed by atoms with E-state index in [2.05, 4.69) is 26.5 Å². The molecule has 0 radical (unpaired) electrons. The number of hydrogen-bond donors (Lipinski definition) is 4. The van der Waals surface area contributed by atoms with Crippen molar-refractivity contribution in [2.45, 2.75) is 37.9 Å². The van der Waals surface area contributed by atoms with E-state index in [4.69, 9.17) is 21.1 Å². The Kier molecular flexibility index (Phi) is 5.39. The van der Waals surface area contributed by atoms with Crippen LogP contribution in [0.15, 0.2) is 24.3 Å². The number of aromatic nitrogens is 2. The van der Waals surface area contributed by atoms with E-state index >= 15 is 0 Å². The highest BCUT2D eigenvalue weighted by molar-refractivity contribution is 6.32. The van der Waals surface area contributed by atoms with Crippen molar-refractivity contribution in [3.05, 3.63) is 35.0 Å². The molecular formula is C20H26ClN7O3. The van der Waals surface area contributed by atoms with Crippen LogP contribution >= 0.6 is 11.6 Å². The molecule has 1 aromatic heterocycles. The van der Waals surface area contributed by atoms with Gasteiger partial charge in [0.1, 0.15) is 5.82 Å². The van der Waals surface area contributed by atoms with Gasteiger partial charge in [-0.05, 0) is 12.1 Å². The molecule has 11 heteroatoms. The van der Waals surface area contributed by atoms with Crippen molar-refractivity contribution in [3.63, 3.8) is 0 Å². The highest BCUT2D eigenvalue weighted by Gasteiger charge is 2.48. The third-order valence-corrected chi connectivity index (χ3v) is 6.30. The Hall–Kier alpha value is -2.53. The smallest absolute Gasteiger partial charge is 0.244 e. The Bertz CT molecular complexity index is 960. The van der Waals surface area contributed by atoms with Crippen molar-refractivity contribution >= 4 is 29.0 Å². The van der Waals surface area contributed by atoms with E-state index in [0.717, 1.165) is 23.7 Å². The molecule has 0 bridgehead atoms. The zero-order valence-electron chi connectivity index (χ0n) is 17.4. The Morgan fingerprint density at radius 3 is 3.03 bits per heavy atom. The number of nitrogens with one attached hydrogen (secondary N) is 4. The zero-order chi connectivity index (χ0) is 21.5. The van der Waals surface area contributed by atoms with Gasteiger partial charge in [-0.1, -0.05) is 17.7 Å². The molecule has 5 rings (SSSR count). The van der Waals surface area contributed by atoms with Gasteiger partial charge in [0.25, 0.3) is 0 Å². The Morgan fingerprint density at radius 2 is 2.23 bits per heavy atom. The summed E-state index contributed by atoms with van der Waals surface area (Å²) in [4.78, 5) is 12.8. The van der Waals surface area contributed by atoms with Gasteiger partial charge in [-0.2, -0.15) is 5.10 Å². The lowest BCUT2D eigenvalue weighted by atomic mass is 9.88. The van der Waals surface area contributed by atoms with E-state index in [-0.39, 0.29) is 30.2 Å². The first-order valence-corrected chi connectivity index (χ1v) is 10.7. The van der Waals surface area contributed by atoms with Crippen LogP contribution in [0.25, 0.3) is 0 Å².